The smallest absolute Gasteiger partial charge is 0.251 e. The molecule has 116 valence electrons. The summed E-state index contributed by atoms with van der Waals surface area (Å²) >= 11 is 0. The SMILES string of the molecule is Cc1ccc([C@@H](O)CNC(=O)c2cccc(N(C)C)c2)cc1. The summed E-state index contributed by atoms with van der Waals surface area (Å²) in [7, 11) is 3.86. The molecule has 2 aromatic rings. The van der Waals surface area contributed by atoms with Crippen LogP contribution in [0, 0.1) is 6.92 Å². The van der Waals surface area contributed by atoms with Gasteiger partial charge >= 0.3 is 0 Å². The van der Waals surface area contributed by atoms with Crippen LogP contribution >= 0.6 is 0 Å². The van der Waals surface area contributed by atoms with Gasteiger partial charge in [0.05, 0.1) is 6.10 Å². The minimum atomic E-state index is -0.707. The van der Waals surface area contributed by atoms with Crippen LogP contribution in [0.25, 0.3) is 0 Å². The lowest BCUT2D eigenvalue weighted by molar-refractivity contribution is 0.0916. The van der Waals surface area contributed by atoms with Crippen molar-refractivity contribution >= 4 is 11.6 Å². The van der Waals surface area contributed by atoms with E-state index in [1.165, 1.54) is 0 Å². The number of hydrogen-bond donors (Lipinski definition) is 2. The Labute approximate surface area is 131 Å². The van der Waals surface area contributed by atoms with Gasteiger partial charge in [0.15, 0.2) is 0 Å². The second-order valence-corrected chi connectivity index (χ2v) is 5.58. The van der Waals surface area contributed by atoms with Gasteiger partial charge < -0.3 is 15.3 Å². The van der Waals surface area contributed by atoms with Crippen molar-refractivity contribution < 1.29 is 9.90 Å². The maximum atomic E-state index is 12.2. The Kier molecular flexibility index (Phi) is 5.17. The number of benzene rings is 2. The molecule has 0 spiro atoms. The van der Waals surface area contributed by atoms with Crippen molar-refractivity contribution in [3.8, 4) is 0 Å². The molecule has 2 rings (SSSR count). The molecule has 4 heteroatoms. The van der Waals surface area contributed by atoms with Crippen LogP contribution in [-0.4, -0.2) is 31.7 Å². The van der Waals surface area contributed by atoms with E-state index in [1.807, 2.05) is 68.4 Å². The van der Waals surface area contributed by atoms with Crippen molar-refractivity contribution in [1.82, 2.24) is 5.32 Å². The van der Waals surface area contributed by atoms with Crippen molar-refractivity contribution in [2.75, 3.05) is 25.5 Å². The molecule has 0 aromatic heterocycles. The highest BCUT2D eigenvalue weighted by molar-refractivity contribution is 5.95. The second kappa shape index (κ2) is 7.09. The van der Waals surface area contributed by atoms with Gasteiger partial charge in [-0.2, -0.15) is 0 Å². The van der Waals surface area contributed by atoms with Crippen LogP contribution in [-0.2, 0) is 0 Å². The number of aryl methyl sites for hydroxylation is 1. The Balaban J connectivity index is 1.97. The molecule has 0 saturated heterocycles. The number of nitrogens with zero attached hydrogens (tertiary/aromatic N) is 1. The number of carbonyl (C=O) groups excluding carboxylic acids is 1. The lowest BCUT2D eigenvalue weighted by Gasteiger charge is -2.15. The molecule has 0 aliphatic heterocycles. The molecule has 22 heavy (non-hydrogen) atoms. The third-order valence-corrected chi connectivity index (χ3v) is 3.54. The number of carbonyl (C=O) groups is 1. The first-order valence-electron chi connectivity index (χ1n) is 7.27. The zero-order valence-electron chi connectivity index (χ0n) is 13.2. The topological polar surface area (TPSA) is 52.6 Å². The zero-order chi connectivity index (χ0) is 16.1. The van der Waals surface area contributed by atoms with Gasteiger partial charge in [0.1, 0.15) is 0 Å². The first kappa shape index (κ1) is 16.0. The third kappa shape index (κ3) is 4.09. The highest BCUT2D eigenvalue weighted by atomic mass is 16.3. The van der Waals surface area contributed by atoms with E-state index in [2.05, 4.69) is 5.32 Å². The number of aliphatic hydroxyl groups excluding tert-OH is 1. The van der Waals surface area contributed by atoms with Crippen molar-refractivity contribution in [2.45, 2.75) is 13.0 Å². The molecule has 1 atom stereocenters. The molecule has 0 aliphatic rings. The van der Waals surface area contributed by atoms with Crippen LogP contribution in [0.2, 0.25) is 0 Å². The molecule has 0 heterocycles. The van der Waals surface area contributed by atoms with Gasteiger partial charge in [-0.1, -0.05) is 35.9 Å². The van der Waals surface area contributed by atoms with E-state index in [9.17, 15) is 9.90 Å². The van der Waals surface area contributed by atoms with Crippen molar-refractivity contribution in [1.29, 1.82) is 0 Å². The van der Waals surface area contributed by atoms with E-state index in [4.69, 9.17) is 0 Å². The monoisotopic (exact) mass is 298 g/mol. The maximum absolute atomic E-state index is 12.2. The number of hydrogen-bond acceptors (Lipinski definition) is 3. The fourth-order valence-corrected chi connectivity index (χ4v) is 2.12. The molecule has 2 aromatic carbocycles. The minimum Gasteiger partial charge on any atom is -0.387 e. The fraction of sp³-hybridized carbons (Fsp3) is 0.278. The van der Waals surface area contributed by atoms with Crippen LogP contribution in [0.3, 0.4) is 0 Å². The molecule has 0 fully saturated rings. The average molecular weight is 298 g/mol. The summed E-state index contributed by atoms with van der Waals surface area (Å²) in [6.45, 7) is 2.18. The number of anilines is 1. The van der Waals surface area contributed by atoms with Crippen LogP contribution in [0.5, 0.6) is 0 Å². The Morgan fingerprint density at radius 2 is 1.86 bits per heavy atom. The number of rotatable bonds is 5. The van der Waals surface area contributed by atoms with E-state index >= 15 is 0 Å². The number of aliphatic hydroxyl groups is 1. The summed E-state index contributed by atoms with van der Waals surface area (Å²) in [4.78, 5) is 14.1. The van der Waals surface area contributed by atoms with E-state index in [1.54, 1.807) is 6.07 Å². The van der Waals surface area contributed by atoms with Gasteiger partial charge in [0, 0.05) is 31.9 Å². The van der Waals surface area contributed by atoms with Crippen LogP contribution in [0.4, 0.5) is 5.69 Å². The van der Waals surface area contributed by atoms with Crippen molar-refractivity contribution in [3.05, 3.63) is 65.2 Å². The molecule has 2 N–H and O–H groups in total. The van der Waals surface area contributed by atoms with E-state index in [0.29, 0.717) is 5.56 Å². The number of amides is 1. The Morgan fingerprint density at radius 1 is 1.18 bits per heavy atom. The highest BCUT2D eigenvalue weighted by Gasteiger charge is 2.11. The molecule has 0 unspecified atom stereocenters. The lowest BCUT2D eigenvalue weighted by Crippen LogP contribution is -2.28. The Bertz CT molecular complexity index is 636. The molecule has 4 nitrogen and oxygen atoms in total. The van der Waals surface area contributed by atoms with Gasteiger partial charge in [-0.3, -0.25) is 4.79 Å². The fourth-order valence-electron chi connectivity index (χ4n) is 2.12. The molecule has 0 bridgehead atoms. The maximum Gasteiger partial charge on any atom is 0.251 e. The highest BCUT2D eigenvalue weighted by Crippen LogP contribution is 2.15. The minimum absolute atomic E-state index is 0.185. The van der Waals surface area contributed by atoms with Crippen molar-refractivity contribution in [2.24, 2.45) is 0 Å². The lowest BCUT2D eigenvalue weighted by atomic mass is 10.1. The molecule has 0 saturated carbocycles. The summed E-state index contributed by atoms with van der Waals surface area (Å²) < 4.78 is 0. The Hall–Kier alpha value is -2.33. The summed E-state index contributed by atoms with van der Waals surface area (Å²) in [6.07, 6.45) is -0.707. The van der Waals surface area contributed by atoms with Gasteiger partial charge in [0.25, 0.3) is 5.91 Å². The summed E-state index contributed by atoms with van der Waals surface area (Å²) in [6, 6.07) is 15.0. The zero-order valence-corrected chi connectivity index (χ0v) is 13.2. The molecule has 1 amide bonds. The summed E-state index contributed by atoms with van der Waals surface area (Å²) in [5.74, 6) is -0.185. The largest absolute Gasteiger partial charge is 0.387 e. The molecular weight excluding hydrogens is 276 g/mol. The molecule has 0 aliphatic carbocycles. The van der Waals surface area contributed by atoms with Gasteiger partial charge in [-0.15, -0.1) is 0 Å². The van der Waals surface area contributed by atoms with E-state index in [0.717, 1.165) is 16.8 Å². The second-order valence-electron chi connectivity index (χ2n) is 5.58. The van der Waals surface area contributed by atoms with E-state index < -0.39 is 6.10 Å². The average Bonchev–Trinajstić information content (AvgIpc) is 2.53. The summed E-state index contributed by atoms with van der Waals surface area (Å²) in [5, 5.41) is 12.9. The third-order valence-electron chi connectivity index (χ3n) is 3.54. The Morgan fingerprint density at radius 3 is 2.50 bits per heavy atom. The normalized spacial score (nSPS) is 11.8. The summed E-state index contributed by atoms with van der Waals surface area (Å²) in [5.41, 5.74) is 3.49. The van der Waals surface area contributed by atoms with Crippen LogP contribution in [0.15, 0.2) is 48.5 Å². The predicted octanol–water partition coefficient (Wildman–Crippen LogP) is 2.52. The molecule has 0 radical (unpaired) electrons. The van der Waals surface area contributed by atoms with Gasteiger partial charge in [-0.05, 0) is 30.7 Å². The van der Waals surface area contributed by atoms with Crippen molar-refractivity contribution in [3.63, 3.8) is 0 Å². The number of nitrogens with one attached hydrogen (secondary N) is 1. The predicted molar refractivity (Wildman–Crippen MR) is 89.2 cm³/mol. The first-order valence-corrected chi connectivity index (χ1v) is 7.27. The molecular formula is C18H22N2O2. The van der Waals surface area contributed by atoms with Gasteiger partial charge in [0.2, 0.25) is 0 Å². The quantitative estimate of drug-likeness (QED) is 0.892. The van der Waals surface area contributed by atoms with Crippen LogP contribution in [0.1, 0.15) is 27.6 Å². The first-order chi connectivity index (χ1) is 10.5. The van der Waals surface area contributed by atoms with Gasteiger partial charge in [-0.25, -0.2) is 0 Å². The van der Waals surface area contributed by atoms with Crippen LogP contribution < -0.4 is 10.2 Å². The van der Waals surface area contributed by atoms with E-state index in [-0.39, 0.29) is 12.5 Å². The standard InChI is InChI=1S/C18H22N2O2/c1-13-7-9-14(10-8-13)17(21)12-19-18(22)15-5-4-6-16(11-15)20(2)3/h4-11,17,21H,12H2,1-3H3,(H,19,22)/t17-/m0/s1.